The highest BCUT2D eigenvalue weighted by molar-refractivity contribution is 5.97. The Hall–Kier alpha value is -2.65. The van der Waals surface area contributed by atoms with Crippen LogP contribution >= 0.6 is 12.4 Å². The van der Waals surface area contributed by atoms with E-state index in [1.54, 1.807) is 13.0 Å². The van der Waals surface area contributed by atoms with Crippen LogP contribution in [-0.4, -0.2) is 43.4 Å². The van der Waals surface area contributed by atoms with Crippen molar-refractivity contribution in [3.05, 3.63) is 58.7 Å². The van der Waals surface area contributed by atoms with Crippen molar-refractivity contribution >= 4 is 24.0 Å². The van der Waals surface area contributed by atoms with Crippen molar-refractivity contribution in [3.8, 4) is 5.75 Å². The number of alkyl halides is 2. The third kappa shape index (κ3) is 4.57. The molecule has 3 rings (SSSR count). The van der Waals surface area contributed by atoms with Crippen molar-refractivity contribution in [1.29, 1.82) is 0 Å². The van der Waals surface area contributed by atoms with Gasteiger partial charge in [-0.05, 0) is 36.2 Å². The molecule has 0 radical (unpaired) electrons. The van der Waals surface area contributed by atoms with E-state index in [1.807, 2.05) is 0 Å². The molecule has 162 valence electrons. The number of aliphatic imine (C=N–C) groups is 1. The number of aryl methyl sites for hydroxylation is 1. The average Bonchev–Trinajstić information content (AvgIpc) is 2.68. The second-order valence-electron chi connectivity index (χ2n) is 6.78. The van der Waals surface area contributed by atoms with Crippen molar-refractivity contribution < 1.29 is 27.4 Å². The largest absolute Gasteiger partial charge is 0.495 e. The van der Waals surface area contributed by atoms with Crippen LogP contribution in [0.15, 0.2) is 35.5 Å². The number of ketones is 1. The van der Waals surface area contributed by atoms with Crippen LogP contribution in [-0.2, 0) is 16.7 Å². The topological polar surface area (TPSA) is 86.8 Å². The van der Waals surface area contributed by atoms with E-state index in [0.717, 1.165) is 6.07 Å². The number of carbonyl (C=O) groups excluding carboxylic acids is 1. The van der Waals surface area contributed by atoms with Crippen molar-refractivity contribution in [2.45, 2.75) is 25.3 Å². The Morgan fingerprint density at radius 1 is 1.37 bits per heavy atom. The van der Waals surface area contributed by atoms with Gasteiger partial charge >= 0.3 is 0 Å². The fraction of sp³-hybridized carbons (Fsp3) is 0.350. The maximum atomic E-state index is 14.5. The summed E-state index contributed by atoms with van der Waals surface area (Å²) in [6.07, 6.45) is -1.78. The van der Waals surface area contributed by atoms with Crippen LogP contribution in [0.25, 0.3) is 0 Å². The first-order valence-electron chi connectivity index (χ1n) is 8.79. The Morgan fingerprint density at radius 3 is 2.70 bits per heavy atom. The summed E-state index contributed by atoms with van der Waals surface area (Å²) >= 11 is 0. The zero-order chi connectivity index (χ0) is 21.2. The van der Waals surface area contributed by atoms with Gasteiger partial charge in [-0.25, -0.2) is 18.2 Å². The summed E-state index contributed by atoms with van der Waals surface area (Å²) < 4.78 is 52.5. The first-order valence-corrected chi connectivity index (χ1v) is 8.79. The highest BCUT2D eigenvalue weighted by Crippen LogP contribution is 2.37. The van der Waals surface area contributed by atoms with Gasteiger partial charge in [-0.3, -0.25) is 9.79 Å². The standard InChI is InChI=1S/C20H20F3N3O3.ClH/c1-11-5-13(28-2)8-25-18(11)16(27)7-12-3-4-15(21)14(6-12)20(19(22)23)10-29-9-17(24)26-20;/h3-6,8,19H,7,9-10H2,1-2H3,(H2,24,26);1H/t20-;/m0./s1. The number of ether oxygens (including phenoxy) is 2. The molecular weight excluding hydrogens is 423 g/mol. The quantitative estimate of drug-likeness (QED) is 0.693. The van der Waals surface area contributed by atoms with Gasteiger partial charge in [0.05, 0.1) is 19.9 Å². The highest BCUT2D eigenvalue weighted by atomic mass is 35.5. The van der Waals surface area contributed by atoms with E-state index in [0.29, 0.717) is 16.9 Å². The Morgan fingerprint density at radius 2 is 2.10 bits per heavy atom. The molecule has 0 spiro atoms. The minimum Gasteiger partial charge on any atom is -0.495 e. The second kappa shape index (κ2) is 9.44. The van der Waals surface area contributed by atoms with Crippen molar-refractivity contribution in [2.75, 3.05) is 20.3 Å². The monoisotopic (exact) mass is 443 g/mol. The molecular formula is C20H21ClF3N3O3. The van der Waals surface area contributed by atoms with Gasteiger partial charge in [0.2, 0.25) is 0 Å². The number of carbonyl (C=O) groups is 1. The summed E-state index contributed by atoms with van der Waals surface area (Å²) in [6.45, 7) is 1.09. The molecule has 6 nitrogen and oxygen atoms in total. The molecule has 1 atom stereocenters. The van der Waals surface area contributed by atoms with E-state index in [4.69, 9.17) is 15.2 Å². The number of hydrogen-bond donors (Lipinski definition) is 1. The number of pyridine rings is 1. The first-order chi connectivity index (χ1) is 13.8. The van der Waals surface area contributed by atoms with Crippen LogP contribution in [0.4, 0.5) is 13.2 Å². The molecule has 0 unspecified atom stereocenters. The van der Waals surface area contributed by atoms with Crippen molar-refractivity contribution in [3.63, 3.8) is 0 Å². The molecule has 0 bridgehead atoms. The maximum absolute atomic E-state index is 14.5. The molecule has 0 amide bonds. The van der Waals surface area contributed by atoms with E-state index in [9.17, 15) is 18.0 Å². The normalized spacial score (nSPS) is 18.5. The minimum absolute atomic E-state index is 0. The van der Waals surface area contributed by atoms with E-state index < -0.39 is 24.4 Å². The molecule has 2 aromatic rings. The van der Waals surface area contributed by atoms with Gasteiger partial charge in [-0.15, -0.1) is 12.4 Å². The molecule has 1 aliphatic rings. The smallest absolute Gasteiger partial charge is 0.269 e. The lowest BCUT2D eigenvalue weighted by atomic mass is 9.88. The maximum Gasteiger partial charge on any atom is 0.269 e. The molecule has 2 heterocycles. The van der Waals surface area contributed by atoms with Crippen LogP contribution in [0.2, 0.25) is 0 Å². The number of aromatic nitrogens is 1. The highest BCUT2D eigenvalue weighted by Gasteiger charge is 2.46. The van der Waals surface area contributed by atoms with Gasteiger partial charge in [0.1, 0.15) is 29.7 Å². The van der Waals surface area contributed by atoms with Crippen LogP contribution in [0, 0.1) is 12.7 Å². The number of nitrogens with two attached hydrogens (primary N) is 1. The Labute approximate surface area is 177 Å². The number of rotatable bonds is 6. The molecule has 0 aliphatic carbocycles. The summed E-state index contributed by atoms with van der Waals surface area (Å²) in [6, 6.07) is 5.28. The fourth-order valence-electron chi connectivity index (χ4n) is 3.24. The van der Waals surface area contributed by atoms with Gasteiger partial charge in [0.25, 0.3) is 6.43 Å². The second-order valence-corrected chi connectivity index (χ2v) is 6.78. The van der Waals surface area contributed by atoms with Crippen LogP contribution in [0.3, 0.4) is 0 Å². The average molecular weight is 444 g/mol. The Balaban J connectivity index is 0.00000320. The zero-order valence-corrected chi connectivity index (χ0v) is 17.1. The number of amidine groups is 1. The van der Waals surface area contributed by atoms with Crippen LogP contribution in [0.5, 0.6) is 5.75 Å². The van der Waals surface area contributed by atoms with Crippen LogP contribution in [0.1, 0.15) is 27.2 Å². The summed E-state index contributed by atoms with van der Waals surface area (Å²) in [5.74, 6) is -0.843. The molecule has 10 heteroatoms. The van der Waals surface area contributed by atoms with E-state index >= 15 is 0 Å². The lowest BCUT2D eigenvalue weighted by Crippen LogP contribution is -2.45. The SMILES string of the molecule is COc1cnc(C(=O)Cc2ccc(F)c([C@]3(C(F)F)COCC(N)=N3)c2)c(C)c1.Cl. The summed E-state index contributed by atoms with van der Waals surface area (Å²) in [4.78, 5) is 20.6. The van der Waals surface area contributed by atoms with Gasteiger partial charge in [-0.1, -0.05) is 6.07 Å². The van der Waals surface area contributed by atoms with Gasteiger partial charge < -0.3 is 15.2 Å². The number of hydrogen-bond acceptors (Lipinski definition) is 6. The van der Waals surface area contributed by atoms with E-state index in [2.05, 4.69) is 9.98 Å². The molecule has 0 saturated heterocycles. The molecule has 0 fully saturated rings. The third-order valence-corrected chi connectivity index (χ3v) is 4.69. The third-order valence-electron chi connectivity index (χ3n) is 4.69. The minimum atomic E-state index is -3.05. The summed E-state index contributed by atoms with van der Waals surface area (Å²) in [7, 11) is 1.49. The molecule has 1 aliphatic heterocycles. The van der Waals surface area contributed by atoms with Gasteiger partial charge in [0.15, 0.2) is 11.3 Å². The molecule has 30 heavy (non-hydrogen) atoms. The van der Waals surface area contributed by atoms with Crippen LogP contribution < -0.4 is 10.5 Å². The number of halogens is 4. The molecule has 1 aromatic heterocycles. The molecule has 0 saturated carbocycles. The van der Waals surface area contributed by atoms with Gasteiger partial charge in [-0.2, -0.15) is 0 Å². The zero-order valence-electron chi connectivity index (χ0n) is 16.3. The lowest BCUT2D eigenvalue weighted by molar-refractivity contribution is -0.0146. The fourth-order valence-corrected chi connectivity index (χ4v) is 3.24. The van der Waals surface area contributed by atoms with Crippen molar-refractivity contribution in [1.82, 2.24) is 4.98 Å². The van der Waals surface area contributed by atoms with Crippen molar-refractivity contribution in [2.24, 2.45) is 10.7 Å². The number of nitrogens with zero attached hydrogens (tertiary/aromatic N) is 2. The lowest BCUT2D eigenvalue weighted by Gasteiger charge is -2.33. The summed E-state index contributed by atoms with van der Waals surface area (Å²) in [5, 5.41) is 0. The predicted molar refractivity (Wildman–Crippen MR) is 107 cm³/mol. The summed E-state index contributed by atoms with van der Waals surface area (Å²) in [5.41, 5.74) is 4.14. The number of methoxy groups -OCH3 is 1. The Kier molecular flexibility index (Phi) is 7.44. The molecule has 1 aromatic carbocycles. The first kappa shape index (κ1) is 23.6. The molecule has 2 N–H and O–H groups in total. The van der Waals surface area contributed by atoms with E-state index in [1.165, 1.54) is 25.4 Å². The number of benzene rings is 1. The Bertz CT molecular complexity index is 972. The van der Waals surface area contributed by atoms with Gasteiger partial charge in [0, 0.05) is 12.0 Å². The number of Topliss-reactive ketones (excluding diaryl/α,β-unsaturated/α-hetero) is 1. The predicted octanol–water partition coefficient (Wildman–Crippen LogP) is 3.23. The van der Waals surface area contributed by atoms with E-state index in [-0.39, 0.29) is 48.3 Å².